The predicted molar refractivity (Wildman–Crippen MR) is 124 cm³/mol. The van der Waals surface area contributed by atoms with E-state index in [1.54, 1.807) is 22.3 Å². The number of aromatic nitrogens is 5. The van der Waals surface area contributed by atoms with Crippen molar-refractivity contribution in [3.05, 3.63) is 69.1 Å². The molecule has 0 aliphatic heterocycles. The van der Waals surface area contributed by atoms with Crippen LogP contribution in [-0.2, 0) is 30.6 Å². The van der Waals surface area contributed by atoms with Crippen molar-refractivity contribution in [1.82, 2.24) is 24.7 Å². The number of amides is 1. The third kappa shape index (κ3) is 4.34. The third-order valence-electron chi connectivity index (χ3n) is 5.85. The zero-order chi connectivity index (χ0) is 22.1. The number of rotatable bonds is 6. The number of anilines is 1. The van der Waals surface area contributed by atoms with Crippen LogP contribution in [0.3, 0.4) is 0 Å². The summed E-state index contributed by atoms with van der Waals surface area (Å²) in [5, 5.41) is 7.74. The van der Waals surface area contributed by atoms with Crippen molar-refractivity contribution in [1.29, 1.82) is 0 Å². The van der Waals surface area contributed by atoms with E-state index in [1.807, 2.05) is 24.3 Å². The molecule has 0 saturated heterocycles. The van der Waals surface area contributed by atoms with Gasteiger partial charge in [0.15, 0.2) is 0 Å². The van der Waals surface area contributed by atoms with Crippen LogP contribution in [-0.4, -0.2) is 30.6 Å². The minimum atomic E-state index is -0.115. The first-order chi connectivity index (χ1) is 15.5. The number of hydrogen-bond acceptors (Lipinski definition) is 6. The Morgan fingerprint density at radius 2 is 2.16 bits per heavy atom. The Morgan fingerprint density at radius 1 is 1.31 bits per heavy atom. The lowest BCUT2D eigenvalue weighted by Crippen LogP contribution is -2.17. The van der Waals surface area contributed by atoms with Gasteiger partial charge in [-0.2, -0.15) is 5.10 Å². The molecule has 3 heterocycles. The van der Waals surface area contributed by atoms with Gasteiger partial charge in [0.1, 0.15) is 23.3 Å². The number of carbonyl (C=O) groups excluding carboxylic acids is 1. The molecule has 1 atom stereocenters. The number of thiophene rings is 1. The Labute approximate surface area is 188 Å². The van der Waals surface area contributed by atoms with Crippen LogP contribution in [0.2, 0.25) is 0 Å². The second-order valence-electron chi connectivity index (χ2n) is 8.38. The predicted octanol–water partition coefficient (Wildman–Crippen LogP) is 3.32. The van der Waals surface area contributed by atoms with E-state index in [-0.39, 0.29) is 17.9 Å². The zero-order valence-corrected chi connectivity index (χ0v) is 18.6. The molecule has 3 aromatic heterocycles. The minimum Gasteiger partial charge on any atom is -0.326 e. The van der Waals surface area contributed by atoms with E-state index in [4.69, 9.17) is 0 Å². The lowest BCUT2D eigenvalue weighted by molar-refractivity contribution is -0.116. The smallest absolute Gasteiger partial charge is 0.259 e. The number of nitrogens with zero attached hydrogens (tertiary/aromatic N) is 4. The van der Waals surface area contributed by atoms with Crippen LogP contribution < -0.4 is 10.9 Å². The number of H-pyrrole nitrogens is 1. The van der Waals surface area contributed by atoms with Crippen molar-refractivity contribution in [2.24, 2.45) is 5.92 Å². The van der Waals surface area contributed by atoms with Gasteiger partial charge >= 0.3 is 0 Å². The van der Waals surface area contributed by atoms with E-state index in [0.717, 1.165) is 40.7 Å². The molecule has 0 bridgehead atoms. The van der Waals surface area contributed by atoms with Gasteiger partial charge in [0, 0.05) is 23.4 Å². The number of hydrogen-bond donors (Lipinski definition) is 2. The first-order valence-electron chi connectivity index (χ1n) is 10.8. The highest BCUT2D eigenvalue weighted by atomic mass is 32.1. The Balaban J connectivity index is 1.22. The van der Waals surface area contributed by atoms with Crippen molar-refractivity contribution >= 4 is 33.1 Å². The minimum absolute atomic E-state index is 0.0829. The summed E-state index contributed by atoms with van der Waals surface area (Å²) in [6, 6.07) is 7.63. The quantitative estimate of drug-likeness (QED) is 0.471. The van der Waals surface area contributed by atoms with Gasteiger partial charge in [0.2, 0.25) is 5.91 Å². The topological polar surface area (TPSA) is 106 Å². The monoisotopic (exact) mass is 448 g/mol. The summed E-state index contributed by atoms with van der Waals surface area (Å²) in [7, 11) is 0. The fourth-order valence-corrected chi connectivity index (χ4v) is 5.56. The molecule has 1 amide bonds. The molecular weight excluding hydrogens is 424 g/mol. The summed E-state index contributed by atoms with van der Waals surface area (Å²) >= 11 is 1.63. The molecule has 1 aliphatic carbocycles. The first kappa shape index (κ1) is 20.6. The molecule has 32 heavy (non-hydrogen) atoms. The van der Waals surface area contributed by atoms with Crippen LogP contribution in [0.1, 0.15) is 41.6 Å². The van der Waals surface area contributed by atoms with Gasteiger partial charge < -0.3 is 10.3 Å². The van der Waals surface area contributed by atoms with Crippen LogP contribution in [0.4, 0.5) is 5.69 Å². The number of nitrogens with one attached hydrogen (secondary N) is 2. The molecule has 0 fully saturated rings. The Hall–Kier alpha value is -3.33. The van der Waals surface area contributed by atoms with Crippen molar-refractivity contribution in [3.63, 3.8) is 0 Å². The summed E-state index contributed by atoms with van der Waals surface area (Å²) < 4.78 is 1.74. The Bertz CT molecular complexity index is 1310. The molecule has 0 radical (unpaired) electrons. The zero-order valence-electron chi connectivity index (χ0n) is 17.8. The third-order valence-corrected chi connectivity index (χ3v) is 7.00. The summed E-state index contributed by atoms with van der Waals surface area (Å²) in [6.45, 7) is 2.88. The lowest BCUT2D eigenvalue weighted by atomic mass is 9.89. The molecular formula is C23H24N6O2S. The first-order valence-corrected chi connectivity index (χ1v) is 11.6. The van der Waals surface area contributed by atoms with E-state index >= 15 is 0 Å². The van der Waals surface area contributed by atoms with E-state index < -0.39 is 0 Å². The summed E-state index contributed by atoms with van der Waals surface area (Å²) in [5.74, 6) is 1.10. The molecule has 1 aliphatic rings. The average Bonchev–Trinajstić information content (AvgIpc) is 3.40. The summed E-state index contributed by atoms with van der Waals surface area (Å²) in [4.78, 5) is 38.7. The summed E-state index contributed by atoms with van der Waals surface area (Å²) in [5.41, 5.74) is 2.89. The van der Waals surface area contributed by atoms with Crippen LogP contribution in [0.5, 0.6) is 0 Å². The van der Waals surface area contributed by atoms with E-state index in [1.165, 1.54) is 16.8 Å². The molecule has 0 saturated carbocycles. The average molecular weight is 449 g/mol. The number of benzene rings is 1. The van der Waals surface area contributed by atoms with E-state index in [9.17, 15) is 9.59 Å². The maximum absolute atomic E-state index is 12.7. The van der Waals surface area contributed by atoms with Gasteiger partial charge in [-0.25, -0.2) is 14.6 Å². The molecule has 2 N–H and O–H groups in total. The number of aromatic amines is 1. The van der Waals surface area contributed by atoms with E-state index in [2.05, 4.69) is 32.3 Å². The van der Waals surface area contributed by atoms with Crippen LogP contribution >= 0.6 is 11.3 Å². The normalized spacial score (nSPS) is 15.6. The maximum atomic E-state index is 12.7. The van der Waals surface area contributed by atoms with Crippen molar-refractivity contribution in [2.75, 3.05) is 5.32 Å². The lowest BCUT2D eigenvalue weighted by Gasteiger charge is -2.17. The fraction of sp³-hybridized carbons (Fsp3) is 0.348. The standard InChI is InChI=1S/C23H24N6O2S/c1-14-2-7-17-18(10-14)32-23-21(17)22(31)27-19(28-23)8-9-20(30)26-16-5-3-15(4-6-16)11-29-13-24-12-25-29/h3-6,12-14H,2,7-11H2,1H3,(H,26,30)(H,27,28,31). The van der Waals surface area contributed by atoms with Gasteiger partial charge in [-0.3, -0.25) is 9.59 Å². The molecule has 164 valence electrons. The van der Waals surface area contributed by atoms with Crippen LogP contribution in [0, 0.1) is 5.92 Å². The molecule has 5 rings (SSSR count). The van der Waals surface area contributed by atoms with Crippen LogP contribution in [0.25, 0.3) is 10.2 Å². The van der Waals surface area contributed by atoms with Gasteiger partial charge in [-0.15, -0.1) is 11.3 Å². The summed E-state index contributed by atoms with van der Waals surface area (Å²) in [6.07, 6.45) is 6.88. The highest BCUT2D eigenvalue weighted by molar-refractivity contribution is 7.18. The SMILES string of the molecule is CC1CCc2c(sc3nc(CCC(=O)Nc4ccc(Cn5cncn5)cc4)[nH]c(=O)c23)C1. The molecule has 8 nitrogen and oxygen atoms in total. The maximum Gasteiger partial charge on any atom is 0.259 e. The molecule has 1 unspecified atom stereocenters. The number of aryl methyl sites for hydroxylation is 2. The van der Waals surface area contributed by atoms with Crippen molar-refractivity contribution < 1.29 is 4.79 Å². The van der Waals surface area contributed by atoms with Gasteiger partial charge in [0.25, 0.3) is 5.56 Å². The molecule has 0 spiro atoms. The Kier molecular flexibility index (Phi) is 5.57. The molecule has 9 heteroatoms. The number of carbonyl (C=O) groups is 1. The number of fused-ring (bicyclic) bond motifs is 3. The second-order valence-corrected chi connectivity index (χ2v) is 9.47. The highest BCUT2D eigenvalue weighted by Crippen LogP contribution is 2.35. The van der Waals surface area contributed by atoms with Crippen molar-refractivity contribution in [3.8, 4) is 0 Å². The van der Waals surface area contributed by atoms with Gasteiger partial charge in [0.05, 0.1) is 11.9 Å². The van der Waals surface area contributed by atoms with Gasteiger partial charge in [-0.1, -0.05) is 19.1 Å². The molecule has 4 aromatic rings. The van der Waals surface area contributed by atoms with Crippen LogP contribution in [0.15, 0.2) is 41.7 Å². The van der Waals surface area contributed by atoms with Gasteiger partial charge in [-0.05, 0) is 48.4 Å². The van der Waals surface area contributed by atoms with Crippen molar-refractivity contribution in [2.45, 2.75) is 45.6 Å². The largest absolute Gasteiger partial charge is 0.326 e. The highest BCUT2D eigenvalue weighted by Gasteiger charge is 2.23. The second kappa shape index (κ2) is 8.66. The van der Waals surface area contributed by atoms with E-state index in [0.29, 0.717) is 24.7 Å². The molecule has 1 aromatic carbocycles. The Morgan fingerprint density at radius 3 is 2.94 bits per heavy atom. The fourth-order valence-electron chi connectivity index (χ4n) is 4.16.